The molecule has 58 valence electrons. The van der Waals surface area contributed by atoms with Crippen molar-refractivity contribution >= 4 is 17.7 Å². The molecule has 0 saturated heterocycles. The highest BCUT2D eigenvalue weighted by molar-refractivity contribution is 6.30. The molecule has 0 fully saturated rings. The normalized spacial score (nSPS) is 10.7. The molecule has 0 aliphatic rings. The molecule has 0 amide bonds. The Morgan fingerprint density at radius 2 is 2.45 bits per heavy atom. The van der Waals surface area contributed by atoms with Gasteiger partial charge >= 0.3 is 0 Å². The molecule has 1 aromatic heterocycles. The van der Waals surface area contributed by atoms with Crippen molar-refractivity contribution in [2.24, 2.45) is 5.73 Å². The van der Waals surface area contributed by atoms with Gasteiger partial charge in [0.05, 0.1) is 0 Å². The zero-order valence-electron chi connectivity index (χ0n) is 6.00. The van der Waals surface area contributed by atoms with E-state index >= 15 is 0 Å². The van der Waals surface area contributed by atoms with Crippen molar-refractivity contribution in [3.63, 3.8) is 0 Å². The standard InChI is InChI=1S/C8H9ClN2/c9-8-7(3-1-5-10)4-2-6-11-8/h1-4,6H,5,10H2. The van der Waals surface area contributed by atoms with Gasteiger partial charge in [-0.1, -0.05) is 29.8 Å². The predicted octanol–water partition coefficient (Wildman–Crippen LogP) is 1.71. The van der Waals surface area contributed by atoms with Crippen LogP contribution in [0.25, 0.3) is 6.08 Å². The average molecular weight is 169 g/mol. The number of aromatic nitrogens is 1. The number of rotatable bonds is 2. The Balaban J connectivity index is 2.86. The summed E-state index contributed by atoms with van der Waals surface area (Å²) in [5.74, 6) is 0. The van der Waals surface area contributed by atoms with Crippen LogP contribution in [0.2, 0.25) is 5.15 Å². The first-order valence-electron chi connectivity index (χ1n) is 3.31. The molecule has 11 heavy (non-hydrogen) atoms. The van der Waals surface area contributed by atoms with Crippen LogP contribution in [0.4, 0.5) is 0 Å². The maximum absolute atomic E-state index is 5.76. The summed E-state index contributed by atoms with van der Waals surface area (Å²) < 4.78 is 0. The summed E-state index contributed by atoms with van der Waals surface area (Å²) in [6.45, 7) is 0.519. The van der Waals surface area contributed by atoms with Crippen LogP contribution >= 0.6 is 11.6 Å². The predicted molar refractivity (Wildman–Crippen MR) is 47.3 cm³/mol. The molecule has 0 atom stereocenters. The van der Waals surface area contributed by atoms with E-state index in [4.69, 9.17) is 17.3 Å². The topological polar surface area (TPSA) is 38.9 Å². The molecule has 0 spiro atoms. The monoisotopic (exact) mass is 168 g/mol. The maximum atomic E-state index is 5.76. The second kappa shape index (κ2) is 4.11. The van der Waals surface area contributed by atoms with Crippen LogP contribution in [0.1, 0.15) is 5.56 Å². The zero-order chi connectivity index (χ0) is 8.10. The Hall–Kier alpha value is -0.860. The lowest BCUT2D eigenvalue weighted by Gasteiger charge is -1.93. The average Bonchev–Trinajstić information content (AvgIpc) is 2.03. The van der Waals surface area contributed by atoms with Crippen molar-refractivity contribution in [1.29, 1.82) is 0 Å². The van der Waals surface area contributed by atoms with E-state index in [1.807, 2.05) is 24.3 Å². The summed E-state index contributed by atoms with van der Waals surface area (Å²) in [4.78, 5) is 3.91. The number of hydrogen-bond donors (Lipinski definition) is 1. The van der Waals surface area contributed by atoms with Crippen LogP contribution in [-0.4, -0.2) is 11.5 Å². The van der Waals surface area contributed by atoms with Gasteiger partial charge in [-0.25, -0.2) is 4.98 Å². The van der Waals surface area contributed by atoms with Gasteiger partial charge < -0.3 is 5.73 Å². The van der Waals surface area contributed by atoms with Gasteiger partial charge in [-0.3, -0.25) is 0 Å². The molecule has 0 saturated carbocycles. The molecule has 0 aromatic carbocycles. The maximum Gasteiger partial charge on any atom is 0.136 e. The number of nitrogens with two attached hydrogens (primary N) is 1. The smallest absolute Gasteiger partial charge is 0.136 e. The number of nitrogens with zero attached hydrogens (tertiary/aromatic N) is 1. The minimum Gasteiger partial charge on any atom is -0.327 e. The minimum absolute atomic E-state index is 0.511. The Bertz CT molecular complexity index is 258. The van der Waals surface area contributed by atoms with E-state index in [2.05, 4.69) is 4.98 Å². The van der Waals surface area contributed by atoms with E-state index < -0.39 is 0 Å². The fraction of sp³-hybridized carbons (Fsp3) is 0.125. The highest BCUT2D eigenvalue weighted by Crippen LogP contribution is 2.12. The van der Waals surface area contributed by atoms with Gasteiger partial charge in [0.15, 0.2) is 0 Å². The molecular weight excluding hydrogens is 160 g/mol. The van der Waals surface area contributed by atoms with Gasteiger partial charge in [0.2, 0.25) is 0 Å². The first kappa shape index (κ1) is 8.24. The molecule has 0 aliphatic heterocycles. The third kappa shape index (κ3) is 2.33. The summed E-state index contributed by atoms with van der Waals surface area (Å²) in [5.41, 5.74) is 6.18. The first-order valence-corrected chi connectivity index (χ1v) is 3.69. The molecule has 0 bridgehead atoms. The van der Waals surface area contributed by atoms with Gasteiger partial charge in [-0.05, 0) is 6.07 Å². The summed E-state index contributed by atoms with van der Waals surface area (Å²) >= 11 is 5.76. The van der Waals surface area contributed by atoms with Crippen LogP contribution in [0.5, 0.6) is 0 Å². The van der Waals surface area contributed by atoms with Crippen molar-refractivity contribution in [3.8, 4) is 0 Å². The van der Waals surface area contributed by atoms with Crippen molar-refractivity contribution in [2.45, 2.75) is 0 Å². The van der Waals surface area contributed by atoms with Gasteiger partial charge in [0, 0.05) is 18.3 Å². The second-order valence-corrected chi connectivity index (χ2v) is 2.38. The van der Waals surface area contributed by atoms with Crippen LogP contribution in [0.15, 0.2) is 24.4 Å². The molecule has 0 radical (unpaired) electrons. The largest absolute Gasteiger partial charge is 0.327 e. The molecular formula is C8H9ClN2. The molecule has 2 N–H and O–H groups in total. The summed E-state index contributed by atoms with van der Waals surface area (Å²) in [6.07, 6.45) is 5.35. The molecule has 1 heterocycles. The first-order chi connectivity index (χ1) is 5.34. The van der Waals surface area contributed by atoms with Crippen LogP contribution in [-0.2, 0) is 0 Å². The van der Waals surface area contributed by atoms with E-state index in [0.29, 0.717) is 11.7 Å². The van der Waals surface area contributed by atoms with E-state index in [1.54, 1.807) is 6.20 Å². The molecule has 2 nitrogen and oxygen atoms in total. The van der Waals surface area contributed by atoms with E-state index in [9.17, 15) is 0 Å². The SMILES string of the molecule is NCC=Cc1cccnc1Cl. The Kier molecular flexibility index (Phi) is 3.08. The van der Waals surface area contributed by atoms with Gasteiger partial charge in [-0.15, -0.1) is 0 Å². The lowest BCUT2D eigenvalue weighted by Crippen LogP contribution is -1.92. The fourth-order valence-corrected chi connectivity index (χ4v) is 0.900. The summed E-state index contributed by atoms with van der Waals surface area (Å²) in [5, 5.41) is 0.511. The van der Waals surface area contributed by atoms with E-state index in [0.717, 1.165) is 5.56 Å². The second-order valence-electron chi connectivity index (χ2n) is 2.02. The lowest BCUT2D eigenvalue weighted by atomic mass is 10.2. The van der Waals surface area contributed by atoms with Crippen LogP contribution in [0, 0.1) is 0 Å². The molecule has 3 heteroatoms. The molecule has 1 rings (SSSR count). The third-order valence-corrected chi connectivity index (χ3v) is 1.54. The summed E-state index contributed by atoms with van der Waals surface area (Å²) in [7, 11) is 0. The van der Waals surface area contributed by atoms with Crippen molar-refractivity contribution < 1.29 is 0 Å². The van der Waals surface area contributed by atoms with E-state index in [-0.39, 0.29) is 0 Å². The van der Waals surface area contributed by atoms with Crippen molar-refractivity contribution in [2.75, 3.05) is 6.54 Å². The number of pyridine rings is 1. The summed E-state index contributed by atoms with van der Waals surface area (Å²) in [6, 6.07) is 3.73. The van der Waals surface area contributed by atoms with Gasteiger partial charge in [-0.2, -0.15) is 0 Å². The van der Waals surface area contributed by atoms with Crippen LogP contribution < -0.4 is 5.73 Å². The van der Waals surface area contributed by atoms with Gasteiger partial charge in [0.1, 0.15) is 5.15 Å². The van der Waals surface area contributed by atoms with E-state index in [1.165, 1.54) is 0 Å². The molecule has 0 unspecified atom stereocenters. The highest BCUT2D eigenvalue weighted by atomic mass is 35.5. The third-order valence-electron chi connectivity index (χ3n) is 1.22. The quantitative estimate of drug-likeness (QED) is 0.683. The zero-order valence-corrected chi connectivity index (χ0v) is 6.75. The Morgan fingerprint density at radius 3 is 3.09 bits per heavy atom. The van der Waals surface area contributed by atoms with Crippen LogP contribution in [0.3, 0.4) is 0 Å². The Labute approximate surface area is 70.7 Å². The van der Waals surface area contributed by atoms with Crippen molar-refractivity contribution in [3.05, 3.63) is 35.1 Å². The molecule has 1 aromatic rings. The van der Waals surface area contributed by atoms with Gasteiger partial charge in [0.25, 0.3) is 0 Å². The lowest BCUT2D eigenvalue weighted by molar-refractivity contribution is 1.26. The minimum atomic E-state index is 0.511. The fourth-order valence-electron chi connectivity index (χ4n) is 0.718. The highest BCUT2D eigenvalue weighted by Gasteiger charge is 1.92. The Morgan fingerprint density at radius 1 is 1.64 bits per heavy atom. The number of halogens is 1. The number of hydrogen-bond acceptors (Lipinski definition) is 2. The van der Waals surface area contributed by atoms with Crippen molar-refractivity contribution in [1.82, 2.24) is 4.98 Å². The molecule has 0 aliphatic carbocycles.